The minimum Gasteiger partial charge on any atom is -0.323 e. The number of hydrogen-bond donors (Lipinski definition) is 0. The van der Waals surface area contributed by atoms with E-state index in [-0.39, 0.29) is 11.2 Å². The van der Waals surface area contributed by atoms with E-state index in [2.05, 4.69) is 26.9 Å². The number of imidazole rings is 1. The van der Waals surface area contributed by atoms with Crippen LogP contribution in [-0.2, 0) is 27.2 Å². The summed E-state index contributed by atoms with van der Waals surface area (Å²) >= 11 is 5.96. The standard InChI is InChI=1S/C20H25ClN6O2/c1-23-18-17(19(28)24(2)20(23)29)27(14-22-18)12-11-25-7-9-26(10-8-25)13-15-3-5-16(21)6-4-15/h3-6,14H,7-13H2,1-2H3. The summed E-state index contributed by atoms with van der Waals surface area (Å²) in [5, 5.41) is 0.764. The van der Waals surface area contributed by atoms with Crippen LogP contribution in [0.15, 0.2) is 40.2 Å². The van der Waals surface area contributed by atoms with Gasteiger partial charge >= 0.3 is 5.69 Å². The molecule has 1 aliphatic heterocycles. The topological polar surface area (TPSA) is 68.3 Å². The van der Waals surface area contributed by atoms with Crippen LogP contribution in [0.1, 0.15) is 5.56 Å². The predicted molar refractivity (Wildman–Crippen MR) is 113 cm³/mol. The van der Waals surface area contributed by atoms with Gasteiger partial charge in [0.1, 0.15) is 0 Å². The van der Waals surface area contributed by atoms with Crippen molar-refractivity contribution in [3.63, 3.8) is 0 Å². The smallest absolute Gasteiger partial charge is 0.323 e. The Labute approximate surface area is 173 Å². The van der Waals surface area contributed by atoms with Crippen LogP contribution >= 0.6 is 11.6 Å². The molecule has 9 heteroatoms. The van der Waals surface area contributed by atoms with E-state index in [9.17, 15) is 9.59 Å². The minimum atomic E-state index is -0.357. The summed E-state index contributed by atoms with van der Waals surface area (Å²) in [7, 11) is 3.14. The Kier molecular flexibility index (Phi) is 5.58. The zero-order chi connectivity index (χ0) is 20.5. The quantitative estimate of drug-likeness (QED) is 0.618. The molecule has 0 aliphatic carbocycles. The van der Waals surface area contributed by atoms with Gasteiger partial charge in [0.15, 0.2) is 11.2 Å². The molecule has 154 valence electrons. The van der Waals surface area contributed by atoms with Crippen molar-refractivity contribution in [3.05, 3.63) is 62.0 Å². The molecule has 1 aromatic carbocycles. The lowest BCUT2D eigenvalue weighted by molar-refractivity contribution is 0.124. The van der Waals surface area contributed by atoms with Gasteiger partial charge < -0.3 is 4.57 Å². The SMILES string of the molecule is Cn1c(=O)c2c(ncn2CCN2CCN(Cc3ccc(Cl)cc3)CC2)n(C)c1=O. The fourth-order valence-corrected chi connectivity index (χ4v) is 3.96. The highest BCUT2D eigenvalue weighted by molar-refractivity contribution is 6.30. The van der Waals surface area contributed by atoms with Crippen LogP contribution in [0.3, 0.4) is 0 Å². The number of aryl methyl sites for hydroxylation is 1. The van der Waals surface area contributed by atoms with Crippen LogP contribution < -0.4 is 11.2 Å². The summed E-state index contributed by atoms with van der Waals surface area (Å²) in [4.78, 5) is 33.7. The number of fused-ring (bicyclic) bond motifs is 1. The van der Waals surface area contributed by atoms with E-state index in [1.807, 2.05) is 16.7 Å². The van der Waals surface area contributed by atoms with Crippen molar-refractivity contribution >= 4 is 22.8 Å². The van der Waals surface area contributed by atoms with E-state index in [0.29, 0.717) is 17.7 Å². The Morgan fingerprint density at radius 1 is 0.931 bits per heavy atom. The van der Waals surface area contributed by atoms with Crippen LogP contribution in [0, 0.1) is 0 Å². The Balaban J connectivity index is 1.37. The lowest BCUT2D eigenvalue weighted by Crippen LogP contribution is -2.46. The van der Waals surface area contributed by atoms with E-state index in [0.717, 1.165) is 48.9 Å². The first kappa shape index (κ1) is 19.9. The van der Waals surface area contributed by atoms with Gasteiger partial charge in [-0.25, -0.2) is 9.78 Å². The number of aromatic nitrogens is 4. The second-order valence-electron chi connectivity index (χ2n) is 7.56. The van der Waals surface area contributed by atoms with Crippen molar-refractivity contribution in [1.82, 2.24) is 28.5 Å². The molecule has 0 radical (unpaired) electrons. The summed E-state index contributed by atoms with van der Waals surface area (Å²) in [6.07, 6.45) is 1.66. The van der Waals surface area contributed by atoms with Gasteiger partial charge in [0.2, 0.25) is 0 Å². The zero-order valence-electron chi connectivity index (χ0n) is 16.7. The number of halogens is 1. The predicted octanol–water partition coefficient (Wildman–Crippen LogP) is 0.905. The minimum absolute atomic E-state index is 0.298. The van der Waals surface area contributed by atoms with Gasteiger partial charge in [-0.05, 0) is 17.7 Å². The molecule has 0 bridgehead atoms. The van der Waals surface area contributed by atoms with E-state index in [1.165, 1.54) is 17.2 Å². The van der Waals surface area contributed by atoms with Crippen LogP contribution in [0.2, 0.25) is 5.02 Å². The molecular weight excluding hydrogens is 392 g/mol. The molecule has 4 rings (SSSR count). The molecule has 0 saturated carbocycles. The van der Waals surface area contributed by atoms with Crippen molar-refractivity contribution in [3.8, 4) is 0 Å². The highest BCUT2D eigenvalue weighted by atomic mass is 35.5. The third-order valence-electron chi connectivity index (χ3n) is 5.66. The highest BCUT2D eigenvalue weighted by Gasteiger charge is 2.18. The summed E-state index contributed by atoms with van der Waals surface area (Å²) in [5.74, 6) is 0. The largest absolute Gasteiger partial charge is 0.332 e. The lowest BCUT2D eigenvalue weighted by atomic mass is 10.2. The summed E-state index contributed by atoms with van der Waals surface area (Å²) in [5.41, 5.74) is 1.54. The normalized spacial score (nSPS) is 16.0. The first-order valence-corrected chi connectivity index (χ1v) is 10.1. The maximum absolute atomic E-state index is 12.5. The van der Waals surface area contributed by atoms with Crippen LogP contribution in [-0.4, -0.2) is 61.2 Å². The average Bonchev–Trinajstić information content (AvgIpc) is 3.16. The van der Waals surface area contributed by atoms with Gasteiger partial charge in [0, 0.05) is 64.9 Å². The van der Waals surface area contributed by atoms with Crippen molar-refractivity contribution in [2.75, 3.05) is 32.7 Å². The molecule has 0 unspecified atom stereocenters. The maximum atomic E-state index is 12.5. The van der Waals surface area contributed by atoms with Gasteiger partial charge in [-0.1, -0.05) is 23.7 Å². The number of piperazine rings is 1. The van der Waals surface area contributed by atoms with E-state index >= 15 is 0 Å². The monoisotopic (exact) mass is 416 g/mol. The van der Waals surface area contributed by atoms with Crippen LogP contribution in [0.25, 0.3) is 11.2 Å². The number of hydrogen-bond acceptors (Lipinski definition) is 5. The van der Waals surface area contributed by atoms with E-state index in [4.69, 9.17) is 11.6 Å². The van der Waals surface area contributed by atoms with Crippen molar-refractivity contribution in [2.45, 2.75) is 13.1 Å². The Morgan fingerprint density at radius 3 is 2.28 bits per heavy atom. The fourth-order valence-electron chi connectivity index (χ4n) is 3.83. The van der Waals surface area contributed by atoms with Gasteiger partial charge in [-0.15, -0.1) is 0 Å². The molecule has 0 N–H and O–H groups in total. The van der Waals surface area contributed by atoms with Crippen molar-refractivity contribution in [2.24, 2.45) is 14.1 Å². The lowest BCUT2D eigenvalue weighted by Gasteiger charge is -2.34. The summed E-state index contributed by atoms with van der Waals surface area (Å²) in [6.45, 7) is 6.41. The summed E-state index contributed by atoms with van der Waals surface area (Å²) in [6, 6.07) is 8.02. The third kappa shape index (κ3) is 4.01. The summed E-state index contributed by atoms with van der Waals surface area (Å²) < 4.78 is 4.41. The molecule has 2 aromatic heterocycles. The molecule has 3 aromatic rings. The van der Waals surface area contributed by atoms with E-state index in [1.54, 1.807) is 13.4 Å². The Morgan fingerprint density at radius 2 is 1.59 bits per heavy atom. The second-order valence-corrected chi connectivity index (χ2v) is 8.00. The van der Waals surface area contributed by atoms with Crippen LogP contribution in [0.5, 0.6) is 0 Å². The average molecular weight is 417 g/mol. The van der Waals surface area contributed by atoms with E-state index < -0.39 is 0 Å². The number of benzene rings is 1. The Bertz CT molecular complexity index is 1120. The Hall–Kier alpha value is -2.42. The molecule has 3 heterocycles. The molecule has 8 nitrogen and oxygen atoms in total. The molecule has 0 atom stereocenters. The second kappa shape index (κ2) is 8.14. The van der Waals surface area contributed by atoms with Crippen molar-refractivity contribution in [1.29, 1.82) is 0 Å². The van der Waals surface area contributed by atoms with Gasteiger partial charge in [0.05, 0.1) is 6.33 Å². The molecule has 0 amide bonds. The molecule has 1 aliphatic rings. The number of nitrogens with zero attached hydrogens (tertiary/aromatic N) is 6. The third-order valence-corrected chi connectivity index (χ3v) is 5.91. The maximum Gasteiger partial charge on any atom is 0.332 e. The fraction of sp³-hybridized carbons (Fsp3) is 0.450. The number of rotatable bonds is 5. The molecule has 29 heavy (non-hydrogen) atoms. The molecular formula is C20H25ClN6O2. The van der Waals surface area contributed by atoms with Crippen LogP contribution in [0.4, 0.5) is 0 Å². The highest BCUT2D eigenvalue weighted by Crippen LogP contribution is 2.13. The molecule has 0 spiro atoms. The molecule has 1 saturated heterocycles. The first-order chi connectivity index (χ1) is 13.9. The van der Waals surface area contributed by atoms with Crippen molar-refractivity contribution < 1.29 is 0 Å². The molecule has 1 fully saturated rings. The van der Waals surface area contributed by atoms with Gasteiger partial charge in [-0.3, -0.25) is 23.7 Å². The van der Waals surface area contributed by atoms with Gasteiger partial charge in [-0.2, -0.15) is 0 Å². The zero-order valence-corrected chi connectivity index (χ0v) is 17.5. The van der Waals surface area contributed by atoms with Gasteiger partial charge in [0.25, 0.3) is 5.56 Å². The first-order valence-electron chi connectivity index (χ1n) is 9.74.